The molecule has 4 N–H and O–H groups in total. The summed E-state index contributed by atoms with van der Waals surface area (Å²) in [5, 5.41) is 20.7. The summed E-state index contributed by atoms with van der Waals surface area (Å²) in [6.07, 6.45) is 3.83. The van der Waals surface area contributed by atoms with Gasteiger partial charge < -0.3 is 20.9 Å². The zero-order chi connectivity index (χ0) is 12.8. The Hall–Kier alpha value is -1.30. The predicted molar refractivity (Wildman–Crippen MR) is 63.6 cm³/mol. The summed E-state index contributed by atoms with van der Waals surface area (Å²) in [5.41, 5.74) is 5.44. The van der Waals surface area contributed by atoms with Gasteiger partial charge in [-0.2, -0.15) is 0 Å². The fourth-order valence-electron chi connectivity index (χ4n) is 2.12. The second-order valence-corrected chi connectivity index (χ2v) is 4.46. The van der Waals surface area contributed by atoms with E-state index in [1.807, 2.05) is 0 Å². The first-order valence-electron chi connectivity index (χ1n) is 6.00. The molecule has 1 rings (SSSR count). The number of amides is 1. The number of nitrogens with zero attached hydrogens (tertiary/aromatic N) is 2. The number of amidine groups is 1. The van der Waals surface area contributed by atoms with Gasteiger partial charge in [0, 0.05) is 6.54 Å². The molecular weight excluding hydrogens is 222 g/mol. The summed E-state index contributed by atoms with van der Waals surface area (Å²) in [5.74, 6) is -0.913. The molecule has 0 saturated carbocycles. The van der Waals surface area contributed by atoms with Gasteiger partial charge in [0.1, 0.15) is 0 Å². The maximum atomic E-state index is 12.2. The van der Waals surface area contributed by atoms with Gasteiger partial charge >= 0.3 is 0 Å². The number of nitrogens with two attached hydrogens (primary N) is 1. The van der Waals surface area contributed by atoms with Gasteiger partial charge in [-0.1, -0.05) is 18.0 Å². The molecule has 0 aromatic heterocycles. The van der Waals surface area contributed by atoms with Crippen molar-refractivity contribution in [3.05, 3.63) is 0 Å². The van der Waals surface area contributed by atoms with E-state index >= 15 is 0 Å². The lowest BCUT2D eigenvalue weighted by molar-refractivity contribution is -0.136. The molecule has 0 bridgehead atoms. The monoisotopic (exact) mass is 243 g/mol. The van der Waals surface area contributed by atoms with Crippen molar-refractivity contribution in [1.29, 1.82) is 0 Å². The van der Waals surface area contributed by atoms with Crippen LogP contribution < -0.4 is 5.73 Å². The first-order valence-corrected chi connectivity index (χ1v) is 6.00. The quantitative estimate of drug-likeness (QED) is 0.284. The summed E-state index contributed by atoms with van der Waals surface area (Å²) in [6.45, 7) is 2.21. The van der Waals surface area contributed by atoms with Gasteiger partial charge in [0.05, 0.1) is 18.6 Å². The lowest BCUT2D eigenvalue weighted by Crippen LogP contribution is -2.47. The van der Waals surface area contributed by atoms with Crippen molar-refractivity contribution >= 4 is 11.7 Å². The summed E-state index contributed by atoms with van der Waals surface area (Å²) in [4.78, 5) is 13.8. The topological polar surface area (TPSA) is 99.2 Å². The number of carbonyl (C=O) groups excluding carboxylic acids is 1. The summed E-state index contributed by atoms with van der Waals surface area (Å²) in [6, 6.07) is -0.140. The van der Waals surface area contributed by atoms with E-state index in [4.69, 9.17) is 10.9 Å². The maximum absolute atomic E-state index is 12.2. The van der Waals surface area contributed by atoms with Gasteiger partial charge in [-0.25, -0.2) is 0 Å². The first kappa shape index (κ1) is 13.8. The number of aliphatic hydroxyl groups excluding tert-OH is 1. The third-order valence-corrected chi connectivity index (χ3v) is 3.30. The second-order valence-electron chi connectivity index (χ2n) is 4.46. The van der Waals surface area contributed by atoms with Crippen LogP contribution in [0.2, 0.25) is 0 Å². The number of likely N-dealkylation sites (tertiary alicyclic amines) is 1. The Morgan fingerprint density at radius 2 is 2.24 bits per heavy atom. The Labute approximate surface area is 101 Å². The van der Waals surface area contributed by atoms with E-state index in [0.717, 1.165) is 25.7 Å². The average molecular weight is 243 g/mol. The van der Waals surface area contributed by atoms with Crippen LogP contribution in [0.4, 0.5) is 0 Å². The fourth-order valence-corrected chi connectivity index (χ4v) is 2.12. The molecule has 0 aromatic carbocycles. The van der Waals surface area contributed by atoms with Gasteiger partial charge in [0.25, 0.3) is 0 Å². The van der Waals surface area contributed by atoms with Crippen molar-refractivity contribution in [2.45, 2.75) is 38.6 Å². The molecule has 1 fully saturated rings. The predicted octanol–water partition coefficient (Wildman–Crippen LogP) is 0.132. The molecule has 0 radical (unpaired) electrons. The molecule has 2 atom stereocenters. The van der Waals surface area contributed by atoms with E-state index in [2.05, 4.69) is 5.16 Å². The number of oxime groups is 1. The van der Waals surface area contributed by atoms with Crippen LogP contribution in [0.15, 0.2) is 5.16 Å². The van der Waals surface area contributed by atoms with Crippen LogP contribution in [0.25, 0.3) is 0 Å². The fraction of sp³-hybridized carbons (Fsp3) is 0.818. The Morgan fingerprint density at radius 3 is 2.82 bits per heavy atom. The summed E-state index contributed by atoms with van der Waals surface area (Å²) >= 11 is 0. The third kappa shape index (κ3) is 3.33. The largest absolute Gasteiger partial charge is 0.409 e. The second kappa shape index (κ2) is 6.44. The van der Waals surface area contributed by atoms with E-state index in [0.29, 0.717) is 6.54 Å². The van der Waals surface area contributed by atoms with Gasteiger partial charge in [0.15, 0.2) is 5.84 Å². The minimum absolute atomic E-state index is 0.0331. The Bertz CT molecular complexity index is 294. The molecule has 1 heterocycles. The normalized spacial score (nSPS) is 24.2. The van der Waals surface area contributed by atoms with Gasteiger partial charge in [-0.05, 0) is 19.8 Å². The molecule has 6 heteroatoms. The van der Waals surface area contributed by atoms with Crippen molar-refractivity contribution in [1.82, 2.24) is 4.90 Å². The van der Waals surface area contributed by atoms with E-state index in [9.17, 15) is 9.90 Å². The number of aliphatic hydroxyl groups is 1. The first-order chi connectivity index (χ1) is 8.11. The molecule has 1 saturated heterocycles. The highest BCUT2D eigenvalue weighted by Gasteiger charge is 2.29. The van der Waals surface area contributed by atoms with Crippen LogP contribution >= 0.6 is 0 Å². The highest BCUT2D eigenvalue weighted by atomic mass is 16.4. The molecule has 1 aliphatic rings. The Kier molecular flexibility index (Phi) is 5.21. The number of hydrogen-bond acceptors (Lipinski definition) is 4. The molecule has 1 aliphatic heterocycles. The van der Waals surface area contributed by atoms with E-state index in [-0.39, 0.29) is 24.4 Å². The van der Waals surface area contributed by atoms with Gasteiger partial charge in [-0.3, -0.25) is 4.79 Å². The van der Waals surface area contributed by atoms with Crippen LogP contribution in [-0.4, -0.2) is 46.1 Å². The van der Waals surface area contributed by atoms with E-state index in [1.54, 1.807) is 11.8 Å². The average Bonchev–Trinajstić information content (AvgIpc) is 2.60. The number of carbonyl (C=O) groups is 1. The van der Waals surface area contributed by atoms with Gasteiger partial charge in [-0.15, -0.1) is 0 Å². The molecule has 0 aromatic rings. The molecule has 0 spiro atoms. The molecule has 17 heavy (non-hydrogen) atoms. The smallest absolute Gasteiger partial charge is 0.233 e. The van der Waals surface area contributed by atoms with Crippen molar-refractivity contribution in [2.75, 3.05) is 13.2 Å². The standard InChI is InChI=1S/C11H21N3O3/c1-8(10(12)13-17)11(16)14-6-4-2-3-5-9(14)7-15/h8-9,15,17H,2-7H2,1H3,(H2,12,13). The molecule has 2 unspecified atom stereocenters. The maximum Gasteiger partial charge on any atom is 0.233 e. The van der Waals surface area contributed by atoms with Crippen molar-refractivity contribution in [3.63, 3.8) is 0 Å². The molecule has 1 amide bonds. The minimum atomic E-state index is -0.646. The summed E-state index contributed by atoms with van der Waals surface area (Å²) < 4.78 is 0. The van der Waals surface area contributed by atoms with Crippen LogP contribution in [0.1, 0.15) is 32.6 Å². The van der Waals surface area contributed by atoms with E-state index < -0.39 is 5.92 Å². The lowest BCUT2D eigenvalue weighted by atomic mass is 10.1. The lowest BCUT2D eigenvalue weighted by Gasteiger charge is -2.30. The Balaban J connectivity index is 2.76. The minimum Gasteiger partial charge on any atom is -0.409 e. The highest BCUT2D eigenvalue weighted by molar-refractivity contribution is 6.01. The zero-order valence-electron chi connectivity index (χ0n) is 10.2. The van der Waals surface area contributed by atoms with Gasteiger partial charge in [0.2, 0.25) is 5.91 Å². The van der Waals surface area contributed by atoms with Crippen LogP contribution in [0, 0.1) is 5.92 Å². The summed E-state index contributed by atoms with van der Waals surface area (Å²) in [7, 11) is 0. The number of hydrogen-bond donors (Lipinski definition) is 3. The molecule has 6 nitrogen and oxygen atoms in total. The van der Waals surface area contributed by atoms with Crippen molar-refractivity contribution in [2.24, 2.45) is 16.8 Å². The molecule has 0 aliphatic carbocycles. The number of rotatable bonds is 3. The van der Waals surface area contributed by atoms with Crippen LogP contribution in [-0.2, 0) is 4.79 Å². The van der Waals surface area contributed by atoms with E-state index in [1.165, 1.54) is 0 Å². The van der Waals surface area contributed by atoms with Crippen molar-refractivity contribution in [3.8, 4) is 0 Å². The van der Waals surface area contributed by atoms with Crippen molar-refractivity contribution < 1.29 is 15.1 Å². The molecular formula is C11H21N3O3. The molecule has 98 valence electrons. The Morgan fingerprint density at radius 1 is 1.53 bits per heavy atom. The zero-order valence-corrected chi connectivity index (χ0v) is 10.2. The SMILES string of the molecule is CC(C(=O)N1CCCCCC1CO)C(N)=NO. The highest BCUT2D eigenvalue weighted by Crippen LogP contribution is 2.18. The third-order valence-electron chi connectivity index (χ3n) is 3.30. The van der Waals surface area contributed by atoms with Crippen LogP contribution in [0.5, 0.6) is 0 Å². The van der Waals surface area contributed by atoms with Crippen LogP contribution in [0.3, 0.4) is 0 Å².